The molecule has 15 heavy (non-hydrogen) atoms. The molecule has 1 atom stereocenters. The highest BCUT2D eigenvalue weighted by atomic mass is 35.5. The molecule has 0 heterocycles. The summed E-state index contributed by atoms with van der Waals surface area (Å²) in [5.41, 5.74) is -1.74. The van der Waals surface area contributed by atoms with E-state index < -0.39 is 32.6 Å². The molecule has 0 aliphatic carbocycles. The minimum absolute atomic E-state index is 1.49. The summed E-state index contributed by atoms with van der Waals surface area (Å²) in [5, 5.41) is 30.3. The molecule has 0 saturated heterocycles. The number of carbonyl (C=O) groups excluding carboxylic acids is 1. The third-order valence-electron chi connectivity index (χ3n) is 1.11. The quantitative estimate of drug-likeness (QED) is 0.279. The topological polar surface area (TPSA) is 156 Å². The Morgan fingerprint density at radius 2 is 1.47 bits per heavy atom. The van der Waals surface area contributed by atoms with Gasteiger partial charge in [0.2, 0.25) is 0 Å². The first-order valence-electron chi connectivity index (χ1n) is 3.04. The predicted octanol–water partition coefficient (Wildman–Crippen LogP) is -0.156. The van der Waals surface area contributed by atoms with Crippen molar-refractivity contribution in [3.05, 3.63) is 30.3 Å². The first-order valence-corrected chi connectivity index (χ1v) is 3.41. The van der Waals surface area contributed by atoms with Crippen molar-refractivity contribution in [1.29, 1.82) is 0 Å². The van der Waals surface area contributed by atoms with Gasteiger partial charge in [-0.15, -0.1) is 0 Å². The van der Waals surface area contributed by atoms with E-state index in [0.29, 0.717) is 0 Å². The summed E-state index contributed by atoms with van der Waals surface area (Å²) in [4.78, 5) is 35.8. The van der Waals surface area contributed by atoms with E-state index in [1.54, 1.807) is 0 Å². The Hall–Kier alpha value is -2.04. The van der Waals surface area contributed by atoms with Gasteiger partial charge in [-0.25, -0.2) is 4.79 Å². The number of hydrogen-bond donors (Lipinski definition) is 0. The van der Waals surface area contributed by atoms with Crippen molar-refractivity contribution in [3.63, 3.8) is 0 Å². The van der Waals surface area contributed by atoms with E-state index in [2.05, 4.69) is 16.3 Å². The molecule has 0 N–H and O–H groups in total. The van der Waals surface area contributed by atoms with Crippen molar-refractivity contribution in [3.8, 4) is 0 Å². The number of rotatable bonds is 5. The molecular formula is C3H2ClN3O8. The van der Waals surface area contributed by atoms with Crippen LogP contribution in [-0.4, -0.2) is 32.6 Å². The smallest absolute Gasteiger partial charge is 0.375 e. The van der Waals surface area contributed by atoms with Crippen LogP contribution in [0.2, 0.25) is 0 Å². The van der Waals surface area contributed by atoms with Gasteiger partial charge < -0.3 is 4.74 Å². The van der Waals surface area contributed by atoms with Crippen LogP contribution in [0.1, 0.15) is 0 Å². The van der Waals surface area contributed by atoms with Crippen molar-refractivity contribution in [2.45, 2.75) is 12.4 Å². The van der Waals surface area contributed by atoms with Crippen molar-refractivity contribution < 1.29 is 24.3 Å². The van der Waals surface area contributed by atoms with Gasteiger partial charge >= 0.3 is 17.8 Å². The molecule has 0 aromatic heterocycles. The van der Waals surface area contributed by atoms with E-state index in [1.807, 2.05) is 0 Å². The zero-order chi connectivity index (χ0) is 12.2. The lowest BCUT2D eigenvalue weighted by Gasteiger charge is -2.06. The second kappa shape index (κ2) is 4.99. The monoisotopic (exact) mass is 243 g/mol. The highest BCUT2D eigenvalue weighted by molar-refractivity contribution is 6.61. The Bertz CT molecular complexity index is 302. The first-order chi connectivity index (χ1) is 6.77. The molecule has 1 unspecified atom stereocenters. The Balaban J connectivity index is 5.01. The number of halogens is 1. The maximum Gasteiger partial charge on any atom is 0.552 e. The zero-order valence-corrected chi connectivity index (χ0v) is 7.40. The molecule has 0 spiro atoms. The number of ether oxygens (including phenoxy) is 1. The number of carbonyl (C=O) groups is 1. The van der Waals surface area contributed by atoms with Crippen LogP contribution in [0, 0.1) is 30.3 Å². The number of hydrogen-bond acceptors (Lipinski definition) is 8. The molecule has 0 aromatic carbocycles. The van der Waals surface area contributed by atoms with Gasteiger partial charge in [0.05, 0.1) is 4.92 Å². The van der Waals surface area contributed by atoms with Crippen LogP contribution in [0.4, 0.5) is 4.79 Å². The molecule has 84 valence electrons. The highest BCUT2D eigenvalue weighted by Crippen LogP contribution is 2.07. The first kappa shape index (κ1) is 13.0. The Labute approximate surface area is 85.0 Å². The van der Waals surface area contributed by atoms with Crippen molar-refractivity contribution in [1.82, 2.24) is 0 Å². The molecular weight excluding hydrogens is 241 g/mol. The number of nitrogens with zero attached hydrogens (tertiary/aromatic N) is 3. The third kappa shape index (κ3) is 3.68. The van der Waals surface area contributed by atoms with E-state index >= 15 is 0 Å². The summed E-state index contributed by atoms with van der Waals surface area (Å²) in [6.45, 7) is 0. The van der Waals surface area contributed by atoms with E-state index in [-0.39, 0.29) is 0 Å². The molecule has 0 aliphatic heterocycles. The van der Waals surface area contributed by atoms with Gasteiger partial charge in [-0.2, -0.15) is 0 Å². The van der Waals surface area contributed by atoms with E-state index in [4.69, 9.17) is 0 Å². The van der Waals surface area contributed by atoms with Gasteiger partial charge in [-0.3, -0.25) is 30.3 Å². The van der Waals surface area contributed by atoms with Crippen LogP contribution in [0.5, 0.6) is 0 Å². The Kier molecular flexibility index (Phi) is 4.32. The van der Waals surface area contributed by atoms with Crippen LogP contribution in [0.3, 0.4) is 0 Å². The Morgan fingerprint density at radius 3 is 1.67 bits per heavy atom. The molecule has 0 bridgehead atoms. The number of nitro groups is 3. The van der Waals surface area contributed by atoms with Crippen molar-refractivity contribution in [2.24, 2.45) is 0 Å². The lowest BCUT2D eigenvalue weighted by atomic mass is 10.5. The van der Waals surface area contributed by atoms with Crippen LogP contribution in [-0.2, 0) is 4.74 Å². The predicted molar refractivity (Wildman–Crippen MR) is 40.9 cm³/mol. The average Bonchev–Trinajstić information content (AvgIpc) is 2.00. The van der Waals surface area contributed by atoms with Gasteiger partial charge in [0.1, 0.15) is 9.85 Å². The lowest BCUT2D eigenvalue weighted by Crippen LogP contribution is -2.46. The summed E-state index contributed by atoms with van der Waals surface area (Å²) in [6.07, 6.45) is -5.66. The maximum absolute atomic E-state index is 10.1. The van der Waals surface area contributed by atoms with Crippen molar-refractivity contribution >= 4 is 17.0 Å². The zero-order valence-electron chi connectivity index (χ0n) is 6.64. The van der Waals surface area contributed by atoms with Crippen LogP contribution in [0.15, 0.2) is 0 Å². The van der Waals surface area contributed by atoms with Crippen LogP contribution in [0.25, 0.3) is 0 Å². The summed E-state index contributed by atoms with van der Waals surface area (Å²) >= 11 is 4.56. The van der Waals surface area contributed by atoms with Gasteiger partial charge in [0.15, 0.2) is 0 Å². The van der Waals surface area contributed by atoms with E-state index in [1.165, 1.54) is 0 Å². The molecule has 0 amide bonds. The summed E-state index contributed by atoms with van der Waals surface area (Å²) in [6, 6.07) is 0. The summed E-state index contributed by atoms with van der Waals surface area (Å²) in [5.74, 6) is 0. The molecule has 12 heteroatoms. The van der Waals surface area contributed by atoms with Crippen LogP contribution < -0.4 is 0 Å². The molecule has 0 aliphatic rings. The second-order valence-corrected chi connectivity index (χ2v) is 2.32. The van der Waals surface area contributed by atoms with Crippen LogP contribution >= 0.6 is 11.6 Å². The summed E-state index contributed by atoms with van der Waals surface area (Å²) < 4.78 is 3.64. The maximum atomic E-state index is 10.1. The fourth-order valence-electron chi connectivity index (χ4n) is 0.593. The SMILES string of the molecule is O=C(Cl)OC(C([N+](=O)[O-])[N+](=O)[O-])[N+](=O)[O-]. The molecule has 0 aromatic rings. The Morgan fingerprint density at radius 1 is 1.07 bits per heavy atom. The fraction of sp³-hybridized carbons (Fsp3) is 0.667. The standard InChI is InChI=1S/C3H2ClN3O8/c4-3(8)15-2(7(13)14)1(5(9)10)6(11)12/h1-2H. The van der Waals surface area contributed by atoms with E-state index in [9.17, 15) is 35.1 Å². The van der Waals surface area contributed by atoms with Gasteiger partial charge in [0, 0.05) is 11.6 Å². The second-order valence-electron chi connectivity index (χ2n) is 2.02. The normalized spacial score (nSPS) is 11.9. The van der Waals surface area contributed by atoms with Gasteiger partial charge in [-0.1, -0.05) is 0 Å². The largest absolute Gasteiger partial charge is 0.552 e. The molecule has 0 rings (SSSR count). The molecule has 0 saturated carbocycles. The average molecular weight is 244 g/mol. The summed E-state index contributed by atoms with van der Waals surface area (Å²) in [7, 11) is 0. The minimum atomic E-state index is -2.90. The highest BCUT2D eigenvalue weighted by Gasteiger charge is 2.54. The fourth-order valence-corrected chi connectivity index (χ4v) is 0.684. The van der Waals surface area contributed by atoms with Gasteiger partial charge in [-0.05, 0) is 0 Å². The molecule has 0 fully saturated rings. The van der Waals surface area contributed by atoms with E-state index in [0.717, 1.165) is 0 Å². The minimum Gasteiger partial charge on any atom is -0.375 e. The molecule has 0 radical (unpaired) electrons. The molecule has 11 nitrogen and oxygen atoms in total. The lowest BCUT2D eigenvalue weighted by molar-refractivity contribution is -0.797. The van der Waals surface area contributed by atoms with Gasteiger partial charge in [0.25, 0.3) is 0 Å². The third-order valence-corrected chi connectivity index (χ3v) is 1.20. The van der Waals surface area contributed by atoms with Crippen molar-refractivity contribution in [2.75, 3.05) is 0 Å².